The summed E-state index contributed by atoms with van der Waals surface area (Å²) in [7, 11) is 0. The molecule has 3 aromatic carbocycles. The maximum absolute atomic E-state index is 13.2. The Hall–Kier alpha value is -3.93. The SMILES string of the molecule is CC(C)[C@H](CC(=O)OCC1c2cc(C(C)(C)C)ccc2-c2ccc(C(C)(C)C)cc21)C(=O)OCCCC(=O)OCc1ccccc1. The molecule has 0 N–H and O–H groups in total. The van der Waals surface area contributed by atoms with Crippen LogP contribution in [0.5, 0.6) is 0 Å². The molecule has 0 saturated carbocycles. The minimum absolute atomic E-state index is 0.0189. The van der Waals surface area contributed by atoms with Crippen molar-refractivity contribution in [2.45, 2.75) is 98.0 Å². The molecule has 1 aliphatic carbocycles. The van der Waals surface area contributed by atoms with Gasteiger partial charge in [0.25, 0.3) is 0 Å². The van der Waals surface area contributed by atoms with Gasteiger partial charge in [-0.05, 0) is 62.1 Å². The molecule has 0 radical (unpaired) electrons. The fourth-order valence-electron chi connectivity index (χ4n) is 5.79. The standard InChI is InChI=1S/C40H50O6/c1-26(2)32(38(43)44-20-12-15-36(41)45-24-27-13-10-9-11-14-27)23-37(42)46-25-35-33-21-28(39(3,4)5)16-18-30(33)31-19-17-29(22-34(31)35)40(6,7)8/h9-11,13-14,16-19,21-22,26,32,35H,12,15,20,23-25H2,1-8H3/t32-/m0/s1. The Morgan fingerprint density at radius 1 is 0.717 bits per heavy atom. The number of ether oxygens (including phenoxy) is 3. The van der Waals surface area contributed by atoms with Gasteiger partial charge >= 0.3 is 17.9 Å². The Labute approximate surface area is 274 Å². The molecule has 0 spiro atoms. The third kappa shape index (κ3) is 8.86. The van der Waals surface area contributed by atoms with Gasteiger partial charge in [0.2, 0.25) is 0 Å². The number of rotatable bonds is 12. The maximum Gasteiger partial charge on any atom is 0.309 e. The van der Waals surface area contributed by atoms with Crippen molar-refractivity contribution in [3.05, 3.63) is 94.5 Å². The lowest BCUT2D eigenvalue weighted by molar-refractivity contribution is -0.157. The van der Waals surface area contributed by atoms with Crippen molar-refractivity contribution in [1.82, 2.24) is 0 Å². The van der Waals surface area contributed by atoms with Crippen LogP contribution < -0.4 is 0 Å². The molecule has 246 valence electrons. The second-order valence-corrected chi connectivity index (χ2v) is 14.8. The molecule has 0 aromatic heterocycles. The Morgan fingerprint density at radius 2 is 1.28 bits per heavy atom. The van der Waals surface area contributed by atoms with Crippen LogP contribution in [-0.2, 0) is 46.0 Å². The molecule has 0 aliphatic heterocycles. The number of hydrogen-bond donors (Lipinski definition) is 0. The van der Waals surface area contributed by atoms with Gasteiger partial charge in [-0.25, -0.2) is 0 Å². The van der Waals surface area contributed by atoms with Crippen LogP contribution in [0.1, 0.15) is 108 Å². The monoisotopic (exact) mass is 626 g/mol. The molecule has 4 rings (SSSR count). The lowest BCUT2D eigenvalue weighted by Crippen LogP contribution is -2.27. The van der Waals surface area contributed by atoms with Crippen molar-refractivity contribution in [3.63, 3.8) is 0 Å². The van der Waals surface area contributed by atoms with Gasteiger partial charge in [-0.3, -0.25) is 14.4 Å². The Balaban J connectivity index is 1.36. The summed E-state index contributed by atoms with van der Waals surface area (Å²) in [5.74, 6) is -2.07. The van der Waals surface area contributed by atoms with Gasteiger partial charge < -0.3 is 14.2 Å². The van der Waals surface area contributed by atoms with Gasteiger partial charge in [-0.2, -0.15) is 0 Å². The van der Waals surface area contributed by atoms with E-state index in [1.54, 1.807) is 0 Å². The zero-order valence-electron chi connectivity index (χ0n) is 28.8. The zero-order chi connectivity index (χ0) is 33.6. The van der Waals surface area contributed by atoms with E-state index in [0.717, 1.165) is 5.56 Å². The summed E-state index contributed by atoms with van der Waals surface area (Å²) in [5, 5.41) is 0. The van der Waals surface area contributed by atoms with Crippen molar-refractivity contribution in [3.8, 4) is 11.1 Å². The van der Waals surface area contributed by atoms with E-state index in [1.807, 2.05) is 44.2 Å². The molecule has 0 saturated heterocycles. The molecule has 6 heteroatoms. The first-order valence-corrected chi connectivity index (χ1v) is 16.5. The average Bonchev–Trinajstić information content (AvgIpc) is 3.31. The minimum atomic E-state index is -0.638. The van der Waals surface area contributed by atoms with E-state index in [-0.39, 0.29) is 61.3 Å². The predicted molar refractivity (Wildman–Crippen MR) is 181 cm³/mol. The molecule has 1 aliphatic rings. The number of carbonyl (C=O) groups is 3. The Bertz CT molecular complexity index is 1460. The van der Waals surface area contributed by atoms with Crippen LogP contribution in [0.2, 0.25) is 0 Å². The van der Waals surface area contributed by atoms with Gasteiger partial charge in [0.05, 0.1) is 18.9 Å². The summed E-state index contributed by atoms with van der Waals surface area (Å²) in [5.41, 5.74) is 8.04. The first-order chi connectivity index (χ1) is 21.6. The smallest absolute Gasteiger partial charge is 0.309 e. The molecule has 3 aromatic rings. The highest BCUT2D eigenvalue weighted by molar-refractivity contribution is 5.82. The van der Waals surface area contributed by atoms with Gasteiger partial charge in [0.1, 0.15) is 13.2 Å². The van der Waals surface area contributed by atoms with E-state index in [1.165, 1.54) is 33.4 Å². The van der Waals surface area contributed by atoms with Crippen LogP contribution in [0, 0.1) is 11.8 Å². The summed E-state index contributed by atoms with van der Waals surface area (Å²) < 4.78 is 16.7. The van der Waals surface area contributed by atoms with Gasteiger partial charge in [0.15, 0.2) is 0 Å². The van der Waals surface area contributed by atoms with E-state index in [2.05, 4.69) is 77.9 Å². The molecular weight excluding hydrogens is 576 g/mol. The van der Waals surface area contributed by atoms with Crippen molar-refractivity contribution in [2.75, 3.05) is 13.2 Å². The van der Waals surface area contributed by atoms with Crippen LogP contribution >= 0.6 is 0 Å². The van der Waals surface area contributed by atoms with Crippen LogP contribution in [0.4, 0.5) is 0 Å². The third-order valence-corrected chi connectivity index (χ3v) is 8.79. The fourth-order valence-corrected chi connectivity index (χ4v) is 5.79. The van der Waals surface area contributed by atoms with Crippen molar-refractivity contribution in [1.29, 1.82) is 0 Å². The molecule has 6 nitrogen and oxygen atoms in total. The molecule has 0 amide bonds. The number of hydrogen-bond acceptors (Lipinski definition) is 6. The van der Waals surface area contributed by atoms with Crippen LogP contribution in [0.3, 0.4) is 0 Å². The Morgan fingerprint density at radius 3 is 1.80 bits per heavy atom. The quantitative estimate of drug-likeness (QED) is 0.114. The molecule has 0 heterocycles. The lowest BCUT2D eigenvalue weighted by atomic mass is 9.83. The summed E-state index contributed by atoms with van der Waals surface area (Å²) >= 11 is 0. The third-order valence-electron chi connectivity index (χ3n) is 8.79. The highest BCUT2D eigenvalue weighted by Crippen LogP contribution is 2.47. The van der Waals surface area contributed by atoms with Gasteiger partial charge in [-0.1, -0.05) is 122 Å². The number of benzene rings is 3. The zero-order valence-corrected chi connectivity index (χ0v) is 28.8. The van der Waals surface area contributed by atoms with Crippen molar-refractivity contribution < 1.29 is 28.6 Å². The second kappa shape index (κ2) is 14.7. The molecule has 46 heavy (non-hydrogen) atoms. The van der Waals surface area contributed by atoms with Crippen LogP contribution in [0.15, 0.2) is 66.7 Å². The molecular formula is C40H50O6. The van der Waals surface area contributed by atoms with Gasteiger partial charge in [0, 0.05) is 12.3 Å². The molecule has 0 unspecified atom stereocenters. The summed E-state index contributed by atoms with van der Waals surface area (Å²) in [6, 6.07) is 22.8. The van der Waals surface area contributed by atoms with Crippen LogP contribution in [-0.4, -0.2) is 31.1 Å². The lowest BCUT2D eigenvalue weighted by Gasteiger charge is -2.23. The van der Waals surface area contributed by atoms with E-state index < -0.39 is 17.9 Å². The van der Waals surface area contributed by atoms with E-state index in [4.69, 9.17) is 14.2 Å². The second-order valence-electron chi connectivity index (χ2n) is 14.8. The predicted octanol–water partition coefficient (Wildman–Crippen LogP) is 8.67. The largest absolute Gasteiger partial charge is 0.465 e. The Kier molecular flexibility index (Phi) is 11.1. The first-order valence-electron chi connectivity index (χ1n) is 16.5. The van der Waals surface area contributed by atoms with Crippen LogP contribution in [0.25, 0.3) is 11.1 Å². The number of esters is 3. The highest BCUT2D eigenvalue weighted by Gasteiger charge is 2.33. The summed E-state index contributed by atoms with van der Waals surface area (Å²) in [6.45, 7) is 17.5. The maximum atomic E-state index is 13.2. The number of carbonyl (C=O) groups excluding carboxylic acids is 3. The first kappa shape index (κ1) is 34.9. The molecule has 0 fully saturated rings. The normalized spacial score (nSPS) is 13.6. The average molecular weight is 627 g/mol. The van der Waals surface area contributed by atoms with Crippen molar-refractivity contribution in [2.24, 2.45) is 11.8 Å². The molecule has 0 bridgehead atoms. The minimum Gasteiger partial charge on any atom is -0.465 e. The number of fused-ring (bicyclic) bond motifs is 3. The fraction of sp³-hybridized carbons (Fsp3) is 0.475. The molecule has 1 atom stereocenters. The topological polar surface area (TPSA) is 78.9 Å². The van der Waals surface area contributed by atoms with E-state index in [0.29, 0.717) is 6.42 Å². The van der Waals surface area contributed by atoms with Crippen molar-refractivity contribution >= 4 is 17.9 Å². The summed E-state index contributed by atoms with van der Waals surface area (Å²) in [6.07, 6.45) is 0.432. The van der Waals surface area contributed by atoms with Gasteiger partial charge in [-0.15, -0.1) is 0 Å². The highest BCUT2D eigenvalue weighted by atomic mass is 16.5. The van der Waals surface area contributed by atoms with E-state index >= 15 is 0 Å². The summed E-state index contributed by atoms with van der Waals surface area (Å²) in [4.78, 5) is 38.3. The van der Waals surface area contributed by atoms with E-state index in [9.17, 15) is 14.4 Å².